The van der Waals surface area contributed by atoms with Gasteiger partial charge in [0.1, 0.15) is 18.5 Å². The Kier molecular flexibility index (Phi) is 9.87. The number of ether oxygens (including phenoxy) is 3. The molecule has 0 saturated heterocycles. The van der Waals surface area contributed by atoms with Gasteiger partial charge in [0.05, 0.1) is 0 Å². The predicted octanol–water partition coefficient (Wildman–Crippen LogP) is 3.33. The van der Waals surface area contributed by atoms with E-state index in [1.165, 1.54) is 5.56 Å². The third-order valence-corrected chi connectivity index (χ3v) is 4.02. The van der Waals surface area contributed by atoms with Crippen molar-refractivity contribution in [1.82, 2.24) is 4.90 Å². The van der Waals surface area contributed by atoms with E-state index in [0.717, 1.165) is 5.75 Å². The van der Waals surface area contributed by atoms with Gasteiger partial charge in [0.25, 0.3) is 0 Å². The molecular formula is C22H31NO4. The summed E-state index contributed by atoms with van der Waals surface area (Å²) in [6, 6.07) is 19.7. The molecule has 0 aromatic heterocycles. The molecule has 0 aliphatic carbocycles. The molecule has 5 heteroatoms. The van der Waals surface area contributed by atoms with Gasteiger partial charge in [0.15, 0.2) is 6.29 Å². The summed E-state index contributed by atoms with van der Waals surface area (Å²) in [6.45, 7) is 7.08. The summed E-state index contributed by atoms with van der Waals surface area (Å²) < 4.78 is 17.0. The van der Waals surface area contributed by atoms with Gasteiger partial charge in [-0.3, -0.25) is 4.90 Å². The van der Waals surface area contributed by atoms with E-state index >= 15 is 0 Å². The zero-order valence-corrected chi connectivity index (χ0v) is 16.3. The number of hydrogen-bond acceptors (Lipinski definition) is 5. The standard InChI is InChI=1S/C22H31NO4/c1-3-25-22(26-4-2)17-23(15-19-11-7-5-8-12-19)16-20(24)18-27-21-13-9-6-10-14-21/h5-14,20,22,24H,3-4,15-18H2,1-2H3. The van der Waals surface area contributed by atoms with Crippen molar-refractivity contribution < 1.29 is 19.3 Å². The molecule has 2 aromatic rings. The van der Waals surface area contributed by atoms with E-state index in [4.69, 9.17) is 14.2 Å². The van der Waals surface area contributed by atoms with E-state index in [1.807, 2.05) is 62.4 Å². The summed E-state index contributed by atoms with van der Waals surface area (Å²) in [5.41, 5.74) is 1.18. The molecule has 0 aliphatic rings. The molecule has 1 unspecified atom stereocenters. The van der Waals surface area contributed by atoms with Crippen LogP contribution in [-0.4, -0.2) is 55.3 Å². The summed E-state index contributed by atoms with van der Waals surface area (Å²) in [5, 5.41) is 10.5. The number of para-hydroxylation sites is 1. The van der Waals surface area contributed by atoms with Crippen LogP contribution in [0.1, 0.15) is 19.4 Å². The van der Waals surface area contributed by atoms with Crippen LogP contribution >= 0.6 is 0 Å². The van der Waals surface area contributed by atoms with Crippen LogP contribution in [0.25, 0.3) is 0 Å². The molecule has 0 radical (unpaired) electrons. The maximum absolute atomic E-state index is 10.5. The summed E-state index contributed by atoms with van der Waals surface area (Å²) in [4.78, 5) is 2.14. The molecule has 0 amide bonds. The van der Waals surface area contributed by atoms with Crippen molar-refractivity contribution in [3.8, 4) is 5.75 Å². The second kappa shape index (κ2) is 12.5. The van der Waals surface area contributed by atoms with Crippen LogP contribution in [0.2, 0.25) is 0 Å². The fourth-order valence-electron chi connectivity index (χ4n) is 2.84. The molecule has 0 bridgehead atoms. The van der Waals surface area contributed by atoms with E-state index in [0.29, 0.717) is 32.8 Å². The average molecular weight is 373 g/mol. The highest BCUT2D eigenvalue weighted by molar-refractivity contribution is 5.21. The van der Waals surface area contributed by atoms with Crippen LogP contribution in [0.3, 0.4) is 0 Å². The number of hydrogen-bond donors (Lipinski definition) is 1. The van der Waals surface area contributed by atoms with Crippen molar-refractivity contribution in [2.75, 3.05) is 32.9 Å². The van der Waals surface area contributed by atoms with Crippen molar-refractivity contribution >= 4 is 0 Å². The SMILES string of the molecule is CCOC(CN(Cc1ccccc1)CC(O)COc1ccccc1)OCC. The second-order valence-electron chi connectivity index (χ2n) is 6.30. The molecule has 0 saturated carbocycles. The van der Waals surface area contributed by atoms with E-state index < -0.39 is 6.10 Å². The van der Waals surface area contributed by atoms with Gasteiger partial charge in [-0.15, -0.1) is 0 Å². The van der Waals surface area contributed by atoms with Gasteiger partial charge in [-0.05, 0) is 31.5 Å². The molecule has 0 aliphatic heterocycles. The molecule has 0 spiro atoms. The molecule has 148 valence electrons. The highest BCUT2D eigenvalue weighted by Gasteiger charge is 2.18. The highest BCUT2D eigenvalue weighted by atomic mass is 16.7. The minimum absolute atomic E-state index is 0.239. The number of aliphatic hydroxyl groups is 1. The Bertz CT molecular complexity index is 602. The molecular weight excluding hydrogens is 342 g/mol. The Labute approximate surface area is 162 Å². The lowest BCUT2D eigenvalue weighted by atomic mass is 10.2. The van der Waals surface area contributed by atoms with E-state index in [-0.39, 0.29) is 12.9 Å². The molecule has 2 aromatic carbocycles. The van der Waals surface area contributed by atoms with Gasteiger partial charge in [-0.25, -0.2) is 0 Å². The summed E-state index contributed by atoms with van der Waals surface area (Å²) >= 11 is 0. The molecule has 27 heavy (non-hydrogen) atoms. The Hall–Kier alpha value is -1.92. The summed E-state index contributed by atoms with van der Waals surface area (Å²) in [5.74, 6) is 0.757. The first kappa shape index (κ1) is 21.4. The highest BCUT2D eigenvalue weighted by Crippen LogP contribution is 2.11. The van der Waals surface area contributed by atoms with Crippen molar-refractivity contribution in [2.24, 2.45) is 0 Å². The lowest BCUT2D eigenvalue weighted by Gasteiger charge is -2.29. The third-order valence-electron chi connectivity index (χ3n) is 4.02. The first-order valence-corrected chi connectivity index (χ1v) is 9.56. The molecule has 1 atom stereocenters. The van der Waals surface area contributed by atoms with Crippen LogP contribution in [0.5, 0.6) is 5.75 Å². The largest absolute Gasteiger partial charge is 0.491 e. The fraction of sp³-hybridized carbons (Fsp3) is 0.455. The van der Waals surface area contributed by atoms with Gasteiger partial charge in [-0.2, -0.15) is 0 Å². The second-order valence-corrected chi connectivity index (χ2v) is 6.30. The number of aliphatic hydroxyl groups excluding tert-OH is 1. The smallest absolute Gasteiger partial charge is 0.170 e. The van der Waals surface area contributed by atoms with Crippen LogP contribution in [0.15, 0.2) is 60.7 Å². The maximum atomic E-state index is 10.5. The molecule has 0 fully saturated rings. The fourth-order valence-corrected chi connectivity index (χ4v) is 2.84. The monoisotopic (exact) mass is 373 g/mol. The summed E-state index contributed by atoms with van der Waals surface area (Å²) in [6.07, 6.45) is -0.927. The third kappa shape index (κ3) is 8.54. The van der Waals surface area contributed by atoms with Crippen molar-refractivity contribution in [2.45, 2.75) is 32.8 Å². The quantitative estimate of drug-likeness (QED) is 0.546. The normalized spacial score (nSPS) is 12.5. The zero-order chi connectivity index (χ0) is 19.3. The predicted molar refractivity (Wildman–Crippen MR) is 107 cm³/mol. The molecule has 2 rings (SSSR count). The lowest BCUT2D eigenvalue weighted by molar-refractivity contribution is -0.150. The number of nitrogens with zero attached hydrogens (tertiary/aromatic N) is 1. The van der Waals surface area contributed by atoms with E-state index in [2.05, 4.69) is 17.0 Å². The minimum Gasteiger partial charge on any atom is -0.491 e. The maximum Gasteiger partial charge on any atom is 0.170 e. The van der Waals surface area contributed by atoms with Crippen molar-refractivity contribution in [3.63, 3.8) is 0 Å². The Morgan fingerprint density at radius 3 is 2.04 bits per heavy atom. The average Bonchev–Trinajstić information content (AvgIpc) is 2.68. The van der Waals surface area contributed by atoms with Crippen molar-refractivity contribution in [1.29, 1.82) is 0 Å². The molecule has 0 heterocycles. The van der Waals surface area contributed by atoms with Gasteiger partial charge in [-0.1, -0.05) is 48.5 Å². The molecule has 1 N–H and O–H groups in total. The Balaban J connectivity index is 1.94. The lowest BCUT2D eigenvalue weighted by Crippen LogP contribution is -2.41. The van der Waals surface area contributed by atoms with Gasteiger partial charge in [0, 0.05) is 32.8 Å². The Morgan fingerprint density at radius 1 is 0.852 bits per heavy atom. The van der Waals surface area contributed by atoms with Crippen molar-refractivity contribution in [3.05, 3.63) is 66.2 Å². The Morgan fingerprint density at radius 2 is 1.44 bits per heavy atom. The van der Waals surface area contributed by atoms with Gasteiger partial charge >= 0.3 is 0 Å². The number of rotatable bonds is 13. The van der Waals surface area contributed by atoms with Crippen LogP contribution in [-0.2, 0) is 16.0 Å². The number of benzene rings is 2. The van der Waals surface area contributed by atoms with E-state index in [9.17, 15) is 5.11 Å². The minimum atomic E-state index is -0.613. The van der Waals surface area contributed by atoms with E-state index in [1.54, 1.807) is 0 Å². The summed E-state index contributed by atoms with van der Waals surface area (Å²) in [7, 11) is 0. The van der Waals surface area contributed by atoms with Gasteiger partial charge < -0.3 is 19.3 Å². The first-order valence-electron chi connectivity index (χ1n) is 9.56. The zero-order valence-electron chi connectivity index (χ0n) is 16.3. The van der Waals surface area contributed by atoms with Crippen LogP contribution in [0.4, 0.5) is 0 Å². The van der Waals surface area contributed by atoms with Gasteiger partial charge in [0.2, 0.25) is 0 Å². The van der Waals surface area contributed by atoms with Crippen LogP contribution < -0.4 is 4.74 Å². The topological polar surface area (TPSA) is 51.2 Å². The molecule has 5 nitrogen and oxygen atoms in total. The van der Waals surface area contributed by atoms with Crippen LogP contribution in [0, 0.1) is 0 Å². The first-order chi connectivity index (χ1) is 13.2.